The molecule has 1 aliphatic heterocycles. The molecule has 0 radical (unpaired) electrons. The van der Waals surface area contributed by atoms with E-state index in [1.807, 2.05) is 0 Å². The van der Waals surface area contributed by atoms with Crippen molar-refractivity contribution in [2.24, 2.45) is 5.92 Å². The summed E-state index contributed by atoms with van der Waals surface area (Å²) in [6, 6.07) is 3.28. The number of benzene rings is 1. The molecule has 1 amide bonds. The molecule has 1 fully saturated rings. The summed E-state index contributed by atoms with van der Waals surface area (Å²) in [5, 5.41) is 26.8. The van der Waals surface area contributed by atoms with Crippen LogP contribution in [0.25, 0.3) is 0 Å². The van der Waals surface area contributed by atoms with Crippen molar-refractivity contribution in [3.63, 3.8) is 0 Å². The number of carbonyl (C=O) groups excluding carboxylic acids is 1. The van der Waals surface area contributed by atoms with Gasteiger partial charge < -0.3 is 20.2 Å². The molecular weight excluding hydrogens is 282 g/mol. The molecule has 1 aliphatic rings. The van der Waals surface area contributed by atoms with Gasteiger partial charge in [-0.1, -0.05) is 0 Å². The monoisotopic (exact) mass is 293 g/mol. The Kier molecular flexibility index (Phi) is 3.62. The molecule has 21 heavy (non-hydrogen) atoms. The Balaban J connectivity index is 2.44. The number of aliphatic carboxylic acids is 1. The zero-order valence-corrected chi connectivity index (χ0v) is 10.6. The van der Waals surface area contributed by atoms with Gasteiger partial charge in [0.15, 0.2) is 0 Å². The molecule has 8 heteroatoms. The van der Waals surface area contributed by atoms with Crippen LogP contribution in [-0.4, -0.2) is 45.7 Å². The number of nitrogens with zero attached hydrogens (tertiary/aromatic N) is 1. The van der Waals surface area contributed by atoms with E-state index in [-0.39, 0.29) is 29.8 Å². The summed E-state index contributed by atoms with van der Waals surface area (Å²) in [5.74, 6) is -5.79. The lowest BCUT2D eigenvalue weighted by molar-refractivity contribution is -0.144. The number of anilines is 1. The fraction of sp³-hybridized carbons (Fsp3) is 0.231. The second-order valence-corrected chi connectivity index (χ2v) is 4.55. The standard InChI is InChI=1S/C13H11NO7/c15-10-9(13(20)21)1-2-14(10)8-4-6(11(16)17)3-7(5-8)12(18)19/h3-5,9H,1-2H2,(H,16,17)(H,18,19)(H,20,21). The van der Waals surface area contributed by atoms with Gasteiger partial charge in [-0.15, -0.1) is 0 Å². The maximum Gasteiger partial charge on any atom is 0.335 e. The van der Waals surface area contributed by atoms with E-state index in [1.165, 1.54) is 0 Å². The highest BCUT2D eigenvalue weighted by Crippen LogP contribution is 2.27. The van der Waals surface area contributed by atoms with Crippen molar-refractivity contribution in [3.8, 4) is 0 Å². The fourth-order valence-electron chi connectivity index (χ4n) is 2.18. The summed E-state index contributed by atoms with van der Waals surface area (Å²) in [6.45, 7) is 0.0952. The Morgan fingerprint density at radius 3 is 1.90 bits per heavy atom. The van der Waals surface area contributed by atoms with Gasteiger partial charge in [0.05, 0.1) is 11.1 Å². The molecule has 1 aromatic rings. The van der Waals surface area contributed by atoms with Gasteiger partial charge in [-0.25, -0.2) is 9.59 Å². The largest absolute Gasteiger partial charge is 0.481 e. The van der Waals surface area contributed by atoms with Crippen molar-refractivity contribution >= 4 is 29.5 Å². The number of hydrogen-bond acceptors (Lipinski definition) is 4. The van der Waals surface area contributed by atoms with Gasteiger partial charge in [-0.2, -0.15) is 0 Å². The minimum atomic E-state index is -1.33. The number of aromatic carboxylic acids is 2. The molecular formula is C13H11NO7. The number of rotatable bonds is 4. The zero-order chi connectivity index (χ0) is 15.7. The van der Waals surface area contributed by atoms with E-state index in [1.54, 1.807) is 0 Å². The number of amides is 1. The van der Waals surface area contributed by atoms with E-state index < -0.39 is 29.7 Å². The van der Waals surface area contributed by atoms with E-state index in [0.29, 0.717) is 0 Å². The van der Waals surface area contributed by atoms with Crippen LogP contribution in [0.4, 0.5) is 5.69 Å². The van der Waals surface area contributed by atoms with E-state index in [2.05, 4.69) is 0 Å². The minimum Gasteiger partial charge on any atom is -0.481 e. The Hall–Kier alpha value is -2.90. The smallest absolute Gasteiger partial charge is 0.335 e. The molecule has 8 nitrogen and oxygen atoms in total. The summed E-state index contributed by atoms with van der Waals surface area (Å²) >= 11 is 0. The molecule has 1 aromatic carbocycles. The first-order valence-electron chi connectivity index (χ1n) is 5.97. The van der Waals surface area contributed by atoms with E-state index in [4.69, 9.17) is 15.3 Å². The summed E-state index contributed by atoms with van der Waals surface area (Å²) < 4.78 is 0. The third kappa shape index (κ3) is 2.69. The lowest BCUT2D eigenvalue weighted by atomic mass is 10.1. The normalized spacial score (nSPS) is 17.8. The van der Waals surface area contributed by atoms with Crippen LogP contribution < -0.4 is 4.90 Å². The van der Waals surface area contributed by atoms with E-state index in [9.17, 15) is 19.2 Å². The van der Waals surface area contributed by atoms with Crippen LogP contribution in [0.1, 0.15) is 27.1 Å². The third-order valence-corrected chi connectivity index (χ3v) is 3.23. The van der Waals surface area contributed by atoms with Gasteiger partial charge in [-0.3, -0.25) is 9.59 Å². The number of carboxylic acid groups (broad SMARTS) is 3. The number of carbonyl (C=O) groups is 4. The lowest BCUT2D eigenvalue weighted by Crippen LogP contribution is -2.30. The molecule has 0 aromatic heterocycles. The number of carboxylic acids is 3. The van der Waals surface area contributed by atoms with Gasteiger partial charge in [0.1, 0.15) is 5.92 Å². The molecule has 1 saturated heterocycles. The molecule has 1 atom stereocenters. The topological polar surface area (TPSA) is 132 Å². The van der Waals surface area contributed by atoms with Gasteiger partial charge in [0.2, 0.25) is 5.91 Å². The van der Waals surface area contributed by atoms with Crippen molar-refractivity contribution < 1.29 is 34.5 Å². The molecule has 2 rings (SSSR count). The third-order valence-electron chi connectivity index (χ3n) is 3.23. The first-order chi connectivity index (χ1) is 9.81. The fourth-order valence-corrected chi connectivity index (χ4v) is 2.18. The van der Waals surface area contributed by atoms with Crippen LogP contribution in [0, 0.1) is 5.92 Å². The summed E-state index contributed by atoms with van der Waals surface area (Å²) in [5.41, 5.74) is -0.492. The Bertz CT molecular complexity index is 620. The minimum absolute atomic E-state index is 0.0704. The Morgan fingerprint density at radius 2 is 1.52 bits per heavy atom. The van der Waals surface area contributed by atoms with Gasteiger partial charge in [0, 0.05) is 12.2 Å². The van der Waals surface area contributed by atoms with Crippen LogP contribution in [0.5, 0.6) is 0 Å². The molecule has 1 unspecified atom stereocenters. The van der Waals surface area contributed by atoms with Gasteiger partial charge in [-0.05, 0) is 24.6 Å². The summed E-state index contributed by atoms with van der Waals surface area (Å²) in [7, 11) is 0. The first-order valence-corrected chi connectivity index (χ1v) is 5.97. The van der Waals surface area contributed by atoms with Crippen molar-refractivity contribution in [2.45, 2.75) is 6.42 Å². The average molecular weight is 293 g/mol. The quantitative estimate of drug-likeness (QED) is 0.689. The van der Waals surface area contributed by atoms with Crippen LogP contribution in [0.3, 0.4) is 0 Å². The molecule has 0 spiro atoms. The highest BCUT2D eigenvalue weighted by atomic mass is 16.4. The van der Waals surface area contributed by atoms with E-state index in [0.717, 1.165) is 23.1 Å². The SMILES string of the molecule is O=C(O)c1cc(C(=O)O)cc(N2CCC(C(=O)O)C2=O)c1. The highest BCUT2D eigenvalue weighted by Gasteiger charge is 2.38. The average Bonchev–Trinajstić information content (AvgIpc) is 2.80. The Labute approximate surface area is 118 Å². The molecule has 0 bridgehead atoms. The van der Waals surface area contributed by atoms with Crippen LogP contribution >= 0.6 is 0 Å². The van der Waals surface area contributed by atoms with Crippen molar-refractivity contribution in [1.82, 2.24) is 0 Å². The second kappa shape index (κ2) is 5.23. The molecule has 3 N–H and O–H groups in total. The van der Waals surface area contributed by atoms with Crippen LogP contribution in [-0.2, 0) is 9.59 Å². The second-order valence-electron chi connectivity index (χ2n) is 4.55. The van der Waals surface area contributed by atoms with Crippen LogP contribution in [0.15, 0.2) is 18.2 Å². The zero-order valence-electron chi connectivity index (χ0n) is 10.6. The summed E-state index contributed by atoms with van der Waals surface area (Å²) in [4.78, 5) is 46.0. The number of hydrogen-bond donors (Lipinski definition) is 3. The maximum absolute atomic E-state index is 12.0. The summed E-state index contributed by atoms with van der Waals surface area (Å²) in [6.07, 6.45) is 0.0911. The predicted octanol–water partition coefficient (Wildman–Crippen LogP) is 0.521. The maximum atomic E-state index is 12.0. The molecule has 110 valence electrons. The van der Waals surface area contributed by atoms with Gasteiger partial charge in [0.25, 0.3) is 0 Å². The van der Waals surface area contributed by atoms with Crippen molar-refractivity contribution in [2.75, 3.05) is 11.4 Å². The van der Waals surface area contributed by atoms with Crippen LogP contribution in [0.2, 0.25) is 0 Å². The first kappa shape index (κ1) is 14.5. The molecule has 0 aliphatic carbocycles. The predicted molar refractivity (Wildman–Crippen MR) is 68.5 cm³/mol. The molecule has 1 heterocycles. The van der Waals surface area contributed by atoms with E-state index >= 15 is 0 Å². The molecule has 0 saturated carbocycles. The van der Waals surface area contributed by atoms with Crippen molar-refractivity contribution in [3.05, 3.63) is 29.3 Å². The highest BCUT2D eigenvalue weighted by molar-refractivity contribution is 6.08. The van der Waals surface area contributed by atoms with Gasteiger partial charge >= 0.3 is 17.9 Å². The lowest BCUT2D eigenvalue weighted by Gasteiger charge is -2.17. The Morgan fingerprint density at radius 1 is 1.00 bits per heavy atom. The van der Waals surface area contributed by atoms with Crippen molar-refractivity contribution in [1.29, 1.82) is 0 Å².